The third-order valence-corrected chi connectivity index (χ3v) is 3.48. The highest BCUT2D eigenvalue weighted by Gasteiger charge is 2.12. The molecule has 0 saturated heterocycles. The number of hydrogen-bond acceptors (Lipinski definition) is 3. The third-order valence-electron chi connectivity index (χ3n) is 3.48. The molecule has 0 radical (unpaired) electrons. The van der Waals surface area contributed by atoms with Crippen LogP contribution in [0.15, 0.2) is 42.5 Å². The van der Waals surface area contributed by atoms with Crippen molar-refractivity contribution in [2.24, 2.45) is 0 Å². The monoisotopic (exact) mass is 284 g/mol. The molecule has 4 heteroatoms. The lowest BCUT2D eigenvalue weighted by atomic mass is 10.1. The van der Waals surface area contributed by atoms with Gasteiger partial charge in [-0.3, -0.25) is 4.79 Å². The molecule has 2 aromatic rings. The predicted octanol–water partition coefficient (Wildman–Crippen LogP) is 3.08. The van der Waals surface area contributed by atoms with Crippen LogP contribution < -0.4 is 15.8 Å². The Kier molecular flexibility index (Phi) is 4.48. The topological polar surface area (TPSA) is 64.3 Å². The number of rotatable bonds is 4. The highest BCUT2D eigenvalue weighted by Crippen LogP contribution is 2.20. The van der Waals surface area contributed by atoms with E-state index in [2.05, 4.69) is 5.32 Å². The molecule has 0 spiro atoms. The number of carbonyl (C=O) groups excluding carboxylic acids is 1. The van der Waals surface area contributed by atoms with Crippen LogP contribution in [0, 0.1) is 6.92 Å². The number of benzene rings is 2. The van der Waals surface area contributed by atoms with Crippen LogP contribution in [0.2, 0.25) is 0 Å². The Bertz CT molecular complexity index is 653. The predicted molar refractivity (Wildman–Crippen MR) is 84.5 cm³/mol. The van der Waals surface area contributed by atoms with Gasteiger partial charge in [-0.15, -0.1) is 0 Å². The maximum absolute atomic E-state index is 12.2. The molecule has 110 valence electrons. The normalized spacial score (nSPS) is 11.8. The lowest BCUT2D eigenvalue weighted by molar-refractivity contribution is 0.0940. The molecular weight excluding hydrogens is 264 g/mol. The first-order chi connectivity index (χ1) is 10.0. The second-order valence-electron chi connectivity index (χ2n) is 5.04. The van der Waals surface area contributed by atoms with Gasteiger partial charge in [-0.25, -0.2) is 0 Å². The fourth-order valence-electron chi connectivity index (χ4n) is 2.06. The van der Waals surface area contributed by atoms with E-state index < -0.39 is 0 Å². The number of nitrogen functional groups attached to an aromatic ring is 1. The highest BCUT2D eigenvalue weighted by molar-refractivity contribution is 5.95. The van der Waals surface area contributed by atoms with Gasteiger partial charge < -0.3 is 15.8 Å². The van der Waals surface area contributed by atoms with Gasteiger partial charge in [-0.05, 0) is 49.2 Å². The maximum Gasteiger partial charge on any atom is 0.251 e. The molecule has 1 atom stereocenters. The number of nitrogens with two attached hydrogens (primary N) is 1. The van der Waals surface area contributed by atoms with E-state index in [0.717, 1.165) is 16.9 Å². The zero-order valence-corrected chi connectivity index (χ0v) is 12.5. The minimum atomic E-state index is -0.142. The van der Waals surface area contributed by atoms with Crippen LogP contribution in [-0.4, -0.2) is 13.0 Å². The van der Waals surface area contributed by atoms with Crippen molar-refractivity contribution < 1.29 is 9.53 Å². The van der Waals surface area contributed by atoms with Crippen LogP contribution in [-0.2, 0) is 0 Å². The van der Waals surface area contributed by atoms with Crippen LogP contribution in [0.1, 0.15) is 34.5 Å². The summed E-state index contributed by atoms with van der Waals surface area (Å²) in [6, 6.07) is 12.9. The Balaban J connectivity index is 2.12. The van der Waals surface area contributed by atoms with E-state index in [0.29, 0.717) is 11.3 Å². The summed E-state index contributed by atoms with van der Waals surface area (Å²) in [5, 5.41) is 2.96. The highest BCUT2D eigenvalue weighted by atomic mass is 16.5. The summed E-state index contributed by atoms with van der Waals surface area (Å²) in [6.07, 6.45) is 0. The van der Waals surface area contributed by atoms with E-state index in [-0.39, 0.29) is 11.9 Å². The Morgan fingerprint density at radius 2 is 2.00 bits per heavy atom. The molecule has 0 aliphatic carbocycles. The quantitative estimate of drug-likeness (QED) is 0.848. The molecule has 21 heavy (non-hydrogen) atoms. The number of amides is 1. The molecule has 0 aromatic heterocycles. The van der Waals surface area contributed by atoms with E-state index >= 15 is 0 Å². The van der Waals surface area contributed by atoms with E-state index in [9.17, 15) is 4.79 Å². The van der Waals surface area contributed by atoms with Gasteiger partial charge in [0.15, 0.2) is 0 Å². The van der Waals surface area contributed by atoms with Gasteiger partial charge >= 0.3 is 0 Å². The minimum absolute atomic E-state index is 0.116. The summed E-state index contributed by atoms with van der Waals surface area (Å²) >= 11 is 0. The molecule has 0 heterocycles. The minimum Gasteiger partial charge on any atom is -0.497 e. The molecule has 0 saturated carbocycles. The van der Waals surface area contributed by atoms with Gasteiger partial charge in [0.25, 0.3) is 5.91 Å². The first kappa shape index (κ1) is 14.9. The largest absolute Gasteiger partial charge is 0.497 e. The first-order valence-electron chi connectivity index (χ1n) is 6.82. The molecule has 0 aliphatic heterocycles. The average molecular weight is 284 g/mol. The van der Waals surface area contributed by atoms with Gasteiger partial charge in [0.05, 0.1) is 13.2 Å². The van der Waals surface area contributed by atoms with Gasteiger partial charge in [-0.2, -0.15) is 0 Å². The number of methoxy groups -OCH3 is 1. The van der Waals surface area contributed by atoms with Crippen molar-refractivity contribution in [3.63, 3.8) is 0 Å². The van der Waals surface area contributed by atoms with E-state index in [1.54, 1.807) is 19.2 Å². The van der Waals surface area contributed by atoms with Crippen molar-refractivity contribution in [3.8, 4) is 5.75 Å². The molecule has 0 fully saturated rings. The number of anilines is 1. The SMILES string of the molecule is COc1cccc([C@H](C)NC(=O)c2ccc(C)c(N)c2)c1. The zero-order chi connectivity index (χ0) is 15.4. The Hall–Kier alpha value is -2.49. The lowest BCUT2D eigenvalue weighted by Gasteiger charge is -2.15. The van der Waals surface area contributed by atoms with Crippen molar-refractivity contribution in [1.82, 2.24) is 5.32 Å². The molecular formula is C17H20N2O2. The van der Waals surface area contributed by atoms with Crippen molar-refractivity contribution >= 4 is 11.6 Å². The summed E-state index contributed by atoms with van der Waals surface area (Å²) < 4.78 is 5.19. The summed E-state index contributed by atoms with van der Waals surface area (Å²) in [7, 11) is 1.62. The molecule has 4 nitrogen and oxygen atoms in total. The van der Waals surface area contributed by atoms with E-state index in [4.69, 9.17) is 10.5 Å². The van der Waals surface area contributed by atoms with Crippen LogP contribution in [0.4, 0.5) is 5.69 Å². The standard InChI is InChI=1S/C17H20N2O2/c1-11-7-8-14(10-16(11)18)17(20)19-12(2)13-5-4-6-15(9-13)21-3/h4-10,12H,18H2,1-3H3,(H,19,20)/t12-/m0/s1. The van der Waals surface area contributed by atoms with Gasteiger partial charge in [-0.1, -0.05) is 18.2 Å². The molecule has 3 N–H and O–H groups in total. The fourth-order valence-corrected chi connectivity index (χ4v) is 2.06. The van der Waals surface area contributed by atoms with Crippen LogP contribution in [0.3, 0.4) is 0 Å². The second-order valence-corrected chi connectivity index (χ2v) is 5.04. The van der Waals surface area contributed by atoms with E-state index in [1.165, 1.54) is 0 Å². The zero-order valence-electron chi connectivity index (χ0n) is 12.5. The smallest absolute Gasteiger partial charge is 0.251 e. The summed E-state index contributed by atoms with van der Waals surface area (Å²) in [5.74, 6) is 0.630. The molecule has 2 rings (SSSR count). The van der Waals surface area contributed by atoms with Crippen molar-refractivity contribution in [2.75, 3.05) is 12.8 Å². The molecule has 1 amide bonds. The number of aryl methyl sites for hydroxylation is 1. The Morgan fingerprint density at radius 3 is 2.67 bits per heavy atom. The van der Waals surface area contributed by atoms with Gasteiger partial charge in [0.1, 0.15) is 5.75 Å². The van der Waals surface area contributed by atoms with Crippen LogP contribution in [0.25, 0.3) is 0 Å². The van der Waals surface area contributed by atoms with Gasteiger partial charge in [0, 0.05) is 11.3 Å². The number of ether oxygens (including phenoxy) is 1. The van der Waals surface area contributed by atoms with Crippen molar-refractivity contribution in [3.05, 3.63) is 59.2 Å². The molecule has 0 aliphatic rings. The lowest BCUT2D eigenvalue weighted by Crippen LogP contribution is -2.26. The molecule has 2 aromatic carbocycles. The van der Waals surface area contributed by atoms with Crippen molar-refractivity contribution in [2.45, 2.75) is 19.9 Å². The first-order valence-corrected chi connectivity index (χ1v) is 6.82. The van der Waals surface area contributed by atoms with Gasteiger partial charge in [0.2, 0.25) is 0 Å². The maximum atomic E-state index is 12.2. The molecule has 0 bridgehead atoms. The van der Waals surface area contributed by atoms with E-state index in [1.807, 2.05) is 44.2 Å². The van der Waals surface area contributed by atoms with Crippen LogP contribution in [0.5, 0.6) is 5.75 Å². The second kappa shape index (κ2) is 6.31. The van der Waals surface area contributed by atoms with Crippen molar-refractivity contribution in [1.29, 1.82) is 0 Å². The third kappa shape index (κ3) is 3.54. The summed E-state index contributed by atoms with van der Waals surface area (Å²) in [5.41, 5.74) is 8.98. The number of carbonyl (C=O) groups is 1. The summed E-state index contributed by atoms with van der Waals surface area (Å²) in [4.78, 5) is 12.2. The molecule has 0 unspecified atom stereocenters. The Morgan fingerprint density at radius 1 is 1.24 bits per heavy atom. The number of nitrogens with one attached hydrogen (secondary N) is 1. The average Bonchev–Trinajstić information content (AvgIpc) is 2.49. The Labute approximate surface area is 124 Å². The number of hydrogen-bond donors (Lipinski definition) is 2. The summed E-state index contributed by atoms with van der Waals surface area (Å²) in [6.45, 7) is 3.85. The fraction of sp³-hybridized carbons (Fsp3) is 0.235. The van der Waals surface area contributed by atoms with Crippen LogP contribution >= 0.6 is 0 Å².